The second kappa shape index (κ2) is 7.36. The second-order valence-electron chi connectivity index (χ2n) is 5.22. The lowest BCUT2D eigenvalue weighted by molar-refractivity contribution is -0.154. The smallest absolute Gasteiger partial charge is 0.308 e. The van der Waals surface area contributed by atoms with Crippen LogP contribution in [0.15, 0.2) is 48.7 Å². The summed E-state index contributed by atoms with van der Waals surface area (Å²) in [7, 11) is 0. The number of carbonyl (C=O) groups excluding carboxylic acids is 1. The van der Waals surface area contributed by atoms with Crippen LogP contribution in [0.3, 0.4) is 0 Å². The van der Waals surface area contributed by atoms with Crippen LogP contribution in [0.25, 0.3) is 0 Å². The zero-order chi connectivity index (χ0) is 17.6. The number of rotatable bonds is 3. The van der Waals surface area contributed by atoms with E-state index in [0.717, 1.165) is 0 Å². The van der Waals surface area contributed by atoms with Crippen molar-refractivity contribution in [2.75, 3.05) is 0 Å². The molecule has 2 atom stereocenters. The predicted molar refractivity (Wildman–Crippen MR) is 87.8 cm³/mol. The number of hydrazine groups is 1. The standard InChI is InChI=1S/C18H17N3O3/c1-14(22)23-17(24-16-7-5-6-15(12-16)13-19)8-10-18(2)9-3-4-11-21(18)20/h3-7,9,11-12,17H,20H2,1-2H3. The predicted octanol–water partition coefficient (Wildman–Crippen LogP) is 1.85. The molecule has 0 fully saturated rings. The van der Waals surface area contributed by atoms with Gasteiger partial charge in [0.25, 0.3) is 0 Å². The van der Waals surface area contributed by atoms with E-state index in [1.165, 1.54) is 11.9 Å². The van der Waals surface area contributed by atoms with Crippen LogP contribution >= 0.6 is 0 Å². The first kappa shape index (κ1) is 17.1. The van der Waals surface area contributed by atoms with Crippen molar-refractivity contribution in [2.24, 2.45) is 5.84 Å². The summed E-state index contributed by atoms with van der Waals surface area (Å²) in [6, 6.07) is 8.52. The Morgan fingerprint density at radius 3 is 2.88 bits per heavy atom. The first-order chi connectivity index (χ1) is 11.4. The zero-order valence-corrected chi connectivity index (χ0v) is 13.4. The van der Waals surface area contributed by atoms with E-state index in [1.807, 2.05) is 25.1 Å². The molecule has 0 amide bonds. The van der Waals surface area contributed by atoms with Crippen LogP contribution < -0.4 is 10.6 Å². The minimum absolute atomic E-state index is 0.378. The summed E-state index contributed by atoms with van der Waals surface area (Å²) in [6.07, 6.45) is 6.02. The maximum absolute atomic E-state index is 11.3. The molecule has 6 nitrogen and oxygen atoms in total. The largest absolute Gasteiger partial charge is 0.444 e. The molecule has 1 aliphatic rings. The molecule has 0 aliphatic carbocycles. The molecular weight excluding hydrogens is 306 g/mol. The van der Waals surface area contributed by atoms with Crippen molar-refractivity contribution in [3.63, 3.8) is 0 Å². The summed E-state index contributed by atoms with van der Waals surface area (Å²) in [6.45, 7) is 3.09. The fourth-order valence-electron chi connectivity index (χ4n) is 1.93. The average Bonchev–Trinajstić information content (AvgIpc) is 2.55. The van der Waals surface area contributed by atoms with Crippen molar-refractivity contribution in [3.8, 4) is 23.7 Å². The molecule has 122 valence electrons. The summed E-state index contributed by atoms with van der Waals surface area (Å²) in [5.41, 5.74) is -0.312. The van der Waals surface area contributed by atoms with Gasteiger partial charge < -0.3 is 9.47 Å². The number of nitrogens with two attached hydrogens (primary N) is 1. The van der Waals surface area contributed by atoms with Gasteiger partial charge in [-0.15, -0.1) is 0 Å². The number of benzene rings is 1. The molecule has 0 bridgehead atoms. The summed E-state index contributed by atoms with van der Waals surface area (Å²) in [5.74, 6) is 11.5. The number of esters is 1. The molecule has 2 rings (SSSR count). The van der Waals surface area contributed by atoms with Crippen LogP contribution in [0.1, 0.15) is 19.4 Å². The zero-order valence-electron chi connectivity index (χ0n) is 13.4. The number of hydrogen-bond acceptors (Lipinski definition) is 6. The topological polar surface area (TPSA) is 88.6 Å². The molecule has 1 aromatic carbocycles. The minimum atomic E-state index is -1.11. The van der Waals surface area contributed by atoms with Gasteiger partial charge in [-0.3, -0.25) is 9.80 Å². The van der Waals surface area contributed by atoms with Gasteiger partial charge in [-0.2, -0.15) is 5.26 Å². The lowest BCUT2D eigenvalue weighted by Gasteiger charge is -2.31. The molecule has 0 radical (unpaired) electrons. The number of ether oxygens (including phenoxy) is 2. The first-order valence-corrected chi connectivity index (χ1v) is 7.20. The fraction of sp³-hybridized carbons (Fsp3) is 0.222. The van der Waals surface area contributed by atoms with Crippen LogP contribution in [0, 0.1) is 23.2 Å². The van der Waals surface area contributed by atoms with E-state index >= 15 is 0 Å². The van der Waals surface area contributed by atoms with Gasteiger partial charge in [0.2, 0.25) is 0 Å². The number of nitrogens with zero attached hydrogens (tertiary/aromatic N) is 2. The summed E-state index contributed by atoms with van der Waals surface area (Å²) in [5, 5.41) is 10.4. The van der Waals surface area contributed by atoms with Gasteiger partial charge in [-0.1, -0.05) is 18.1 Å². The fourth-order valence-corrected chi connectivity index (χ4v) is 1.93. The molecule has 1 aromatic rings. The van der Waals surface area contributed by atoms with Crippen LogP contribution in [0.2, 0.25) is 0 Å². The van der Waals surface area contributed by atoms with Crippen molar-refractivity contribution in [1.29, 1.82) is 5.26 Å². The maximum atomic E-state index is 11.3. The second-order valence-corrected chi connectivity index (χ2v) is 5.22. The third-order valence-electron chi connectivity index (χ3n) is 3.24. The lowest BCUT2D eigenvalue weighted by Crippen LogP contribution is -2.46. The third kappa shape index (κ3) is 4.39. The summed E-state index contributed by atoms with van der Waals surface area (Å²) >= 11 is 0. The number of hydrogen-bond donors (Lipinski definition) is 1. The monoisotopic (exact) mass is 323 g/mol. The highest BCUT2D eigenvalue weighted by molar-refractivity contribution is 5.66. The van der Waals surface area contributed by atoms with Gasteiger partial charge in [0, 0.05) is 13.1 Å². The summed E-state index contributed by atoms with van der Waals surface area (Å²) < 4.78 is 10.6. The van der Waals surface area contributed by atoms with E-state index < -0.39 is 17.8 Å². The molecule has 1 heterocycles. The van der Waals surface area contributed by atoms with Crippen molar-refractivity contribution in [1.82, 2.24) is 5.01 Å². The van der Waals surface area contributed by atoms with Crippen molar-refractivity contribution in [3.05, 3.63) is 54.3 Å². The average molecular weight is 323 g/mol. The van der Waals surface area contributed by atoms with Gasteiger partial charge >= 0.3 is 12.3 Å². The van der Waals surface area contributed by atoms with E-state index in [9.17, 15) is 4.79 Å². The molecule has 0 saturated carbocycles. The van der Waals surface area contributed by atoms with Gasteiger partial charge in [-0.05, 0) is 43.2 Å². The highest BCUT2D eigenvalue weighted by Crippen LogP contribution is 2.18. The molecule has 24 heavy (non-hydrogen) atoms. The first-order valence-electron chi connectivity index (χ1n) is 7.20. The highest BCUT2D eigenvalue weighted by atomic mass is 16.7. The molecular formula is C18H17N3O3. The van der Waals surface area contributed by atoms with Crippen LogP contribution in [-0.4, -0.2) is 22.8 Å². The molecule has 2 unspecified atom stereocenters. The van der Waals surface area contributed by atoms with E-state index in [1.54, 1.807) is 36.5 Å². The Morgan fingerprint density at radius 2 is 2.21 bits per heavy atom. The van der Waals surface area contributed by atoms with Crippen LogP contribution in [0.4, 0.5) is 0 Å². The number of carbonyl (C=O) groups is 1. The normalized spacial score (nSPS) is 19.7. The van der Waals surface area contributed by atoms with Gasteiger partial charge in [-0.25, -0.2) is 5.84 Å². The molecule has 0 saturated heterocycles. The van der Waals surface area contributed by atoms with E-state index in [-0.39, 0.29) is 0 Å². The maximum Gasteiger partial charge on any atom is 0.308 e. The van der Waals surface area contributed by atoms with E-state index in [0.29, 0.717) is 11.3 Å². The Hall–Kier alpha value is -3.22. The Labute approximate surface area is 140 Å². The summed E-state index contributed by atoms with van der Waals surface area (Å²) in [4.78, 5) is 11.3. The Bertz CT molecular complexity index is 783. The van der Waals surface area contributed by atoms with E-state index in [4.69, 9.17) is 20.6 Å². The minimum Gasteiger partial charge on any atom is -0.444 e. The Balaban J connectivity index is 2.22. The van der Waals surface area contributed by atoms with Crippen molar-refractivity contribution < 1.29 is 14.3 Å². The Morgan fingerprint density at radius 1 is 1.42 bits per heavy atom. The van der Waals surface area contributed by atoms with Gasteiger partial charge in [0.15, 0.2) is 0 Å². The SMILES string of the molecule is CC(=O)OC(C#CC1(C)C=CC=CN1N)Oc1cccc(C#N)c1. The van der Waals surface area contributed by atoms with Gasteiger partial charge in [0.1, 0.15) is 11.3 Å². The Kier molecular flexibility index (Phi) is 5.26. The molecule has 0 aromatic heterocycles. The highest BCUT2D eigenvalue weighted by Gasteiger charge is 2.24. The molecule has 1 aliphatic heterocycles. The van der Waals surface area contributed by atoms with Crippen molar-refractivity contribution in [2.45, 2.75) is 25.7 Å². The molecule has 0 spiro atoms. The molecule has 2 N–H and O–H groups in total. The quantitative estimate of drug-likeness (QED) is 0.395. The molecule has 6 heteroatoms. The number of allylic oxidation sites excluding steroid dienone is 2. The number of nitriles is 1. The third-order valence-corrected chi connectivity index (χ3v) is 3.24. The van der Waals surface area contributed by atoms with Gasteiger partial charge in [0.05, 0.1) is 11.6 Å². The van der Waals surface area contributed by atoms with Crippen LogP contribution in [0.5, 0.6) is 5.75 Å². The van der Waals surface area contributed by atoms with Crippen molar-refractivity contribution >= 4 is 5.97 Å². The van der Waals surface area contributed by atoms with Crippen LogP contribution in [-0.2, 0) is 9.53 Å². The van der Waals surface area contributed by atoms with E-state index in [2.05, 4.69) is 11.8 Å². The lowest BCUT2D eigenvalue weighted by atomic mass is 10.00.